The molecule has 0 bridgehead atoms. The second-order valence-corrected chi connectivity index (χ2v) is 8.61. The van der Waals surface area contributed by atoms with Crippen molar-refractivity contribution in [3.8, 4) is 11.5 Å². The molecule has 30 heavy (non-hydrogen) atoms. The van der Waals surface area contributed by atoms with Gasteiger partial charge in [-0.25, -0.2) is 8.42 Å². The number of hydrogen-bond donors (Lipinski definition) is 2. The number of benzene rings is 2. The predicted octanol–water partition coefficient (Wildman–Crippen LogP) is 3.33. The Morgan fingerprint density at radius 3 is 2.23 bits per heavy atom. The van der Waals surface area contributed by atoms with Crippen molar-refractivity contribution in [2.24, 2.45) is 5.92 Å². The molecule has 0 aliphatic carbocycles. The molecule has 1 aliphatic heterocycles. The molecule has 11 heteroatoms. The number of hydrogen-bond acceptors (Lipinski definition) is 5. The number of nitrogens with one attached hydrogen (secondary N) is 1. The molecule has 2 aromatic carbocycles. The summed E-state index contributed by atoms with van der Waals surface area (Å²) in [5.41, 5.74) is 0.304. The van der Waals surface area contributed by atoms with Crippen molar-refractivity contribution in [1.29, 1.82) is 0 Å². The number of nitrogens with zero attached hydrogens (tertiary/aromatic N) is 1. The highest BCUT2D eigenvalue weighted by Crippen LogP contribution is 2.29. The molecule has 1 fully saturated rings. The van der Waals surface area contributed by atoms with Gasteiger partial charge in [-0.15, -0.1) is 13.2 Å². The fourth-order valence-corrected chi connectivity index (χ4v) is 4.71. The molecule has 162 valence electrons. The van der Waals surface area contributed by atoms with Gasteiger partial charge >= 0.3 is 6.36 Å². The van der Waals surface area contributed by atoms with Crippen molar-refractivity contribution in [3.63, 3.8) is 0 Å². The van der Waals surface area contributed by atoms with Crippen molar-refractivity contribution < 1.29 is 36.2 Å². The SMILES string of the molecule is O=C(Nc1ccc(OC(F)(F)F)cc1)C1CCN(S(=O)(=O)c2ccccc2O)CC1. The Kier molecular flexibility index (Phi) is 6.22. The van der Waals surface area contributed by atoms with Gasteiger partial charge < -0.3 is 15.2 Å². The van der Waals surface area contributed by atoms with Crippen LogP contribution in [-0.2, 0) is 14.8 Å². The van der Waals surface area contributed by atoms with Crippen molar-refractivity contribution >= 4 is 21.6 Å². The summed E-state index contributed by atoms with van der Waals surface area (Å²) in [6.07, 6.45) is -4.25. The van der Waals surface area contributed by atoms with Crippen LogP contribution in [0.5, 0.6) is 11.5 Å². The molecule has 0 saturated carbocycles. The highest BCUT2D eigenvalue weighted by molar-refractivity contribution is 7.89. The first kappa shape index (κ1) is 21.9. The van der Waals surface area contributed by atoms with Gasteiger partial charge in [-0.05, 0) is 49.2 Å². The van der Waals surface area contributed by atoms with E-state index in [0.717, 1.165) is 12.1 Å². The molecule has 7 nitrogen and oxygen atoms in total. The van der Waals surface area contributed by atoms with Crippen molar-refractivity contribution in [2.75, 3.05) is 18.4 Å². The minimum absolute atomic E-state index is 0.104. The maximum absolute atomic E-state index is 12.7. The van der Waals surface area contributed by atoms with E-state index >= 15 is 0 Å². The third kappa shape index (κ3) is 5.22. The molecule has 1 aliphatic rings. The number of ether oxygens (including phenoxy) is 1. The third-order valence-electron chi connectivity index (χ3n) is 4.66. The Morgan fingerprint density at radius 1 is 1.07 bits per heavy atom. The molecule has 0 aromatic heterocycles. The van der Waals surface area contributed by atoms with Gasteiger partial charge in [0.25, 0.3) is 0 Å². The van der Waals surface area contributed by atoms with Crippen molar-refractivity contribution in [3.05, 3.63) is 48.5 Å². The lowest BCUT2D eigenvalue weighted by molar-refractivity contribution is -0.274. The van der Waals surface area contributed by atoms with Crippen LogP contribution in [0, 0.1) is 5.92 Å². The first-order valence-corrected chi connectivity index (χ1v) is 10.4. The quantitative estimate of drug-likeness (QED) is 0.738. The second kappa shape index (κ2) is 8.52. The number of alkyl halides is 3. The molecule has 0 atom stereocenters. The smallest absolute Gasteiger partial charge is 0.507 e. The van der Waals surface area contributed by atoms with E-state index in [1.807, 2.05) is 0 Å². The average molecular weight is 444 g/mol. The topological polar surface area (TPSA) is 95.9 Å². The summed E-state index contributed by atoms with van der Waals surface area (Å²) in [6, 6.07) is 10.4. The van der Waals surface area contributed by atoms with Gasteiger partial charge in [0, 0.05) is 24.7 Å². The van der Waals surface area contributed by atoms with Gasteiger partial charge in [0.1, 0.15) is 16.4 Å². The lowest BCUT2D eigenvalue weighted by atomic mass is 9.97. The fourth-order valence-electron chi connectivity index (χ4n) is 3.16. The van der Waals surface area contributed by atoms with E-state index in [-0.39, 0.29) is 42.5 Å². The Balaban J connectivity index is 1.57. The molecular weight excluding hydrogens is 425 g/mol. The zero-order valence-corrected chi connectivity index (χ0v) is 16.4. The molecular formula is C19H19F3N2O5S. The van der Waals surface area contributed by atoms with E-state index in [1.165, 1.54) is 40.7 Å². The number of phenolic OH excluding ortho intramolecular Hbond substituents is 1. The highest BCUT2D eigenvalue weighted by Gasteiger charge is 2.33. The van der Waals surface area contributed by atoms with Crippen LogP contribution in [0.3, 0.4) is 0 Å². The molecule has 2 aromatic rings. The summed E-state index contributed by atoms with van der Waals surface area (Å²) in [7, 11) is -3.87. The number of piperidine rings is 1. The minimum atomic E-state index is -4.80. The molecule has 3 rings (SSSR count). The Labute approximate surface area is 171 Å². The van der Waals surface area contributed by atoms with E-state index in [0.29, 0.717) is 5.69 Å². The van der Waals surface area contributed by atoms with E-state index in [4.69, 9.17) is 0 Å². The van der Waals surface area contributed by atoms with Gasteiger partial charge in [-0.3, -0.25) is 4.79 Å². The van der Waals surface area contributed by atoms with E-state index in [1.54, 1.807) is 0 Å². The van der Waals surface area contributed by atoms with Crippen LogP contribution in [0.15, 0.2) is 53.4 Å². The van der Waals surface area contributed by atoms with Crippen LogP contribution in [0.1, 0.15) is 12.8 Å². The summed E-state index contributed by atoms with van der Waals surface area (Å²) in [6.45, 7) is 0.209. The third-order valence-corrected chi connectivity index (χ3v) is 6.61. The number of amides is 1. The maximum Gasteiger partial charge on any atom is 0.573 e. The standard InChI is InChI=1S/C19H19F3N2O5S/c20-19(21,22)29-15-7-5-14(6-8-15)23-18(26)13-9-11-24(12-10-13)30(27,28)17-4-2-1-3-16(17)25/h1-8,13,25H,9-12H2,(H,23,26). The first-order valence-electron chi connectivity index (χ1n) is 9.01. The number of para-hydroxylation sites is 1. The summed E-state index contributed by atoms with van der Waals surface area (Å²) in [4.78, 5) is 12.2. The number of rotatable bonds is 5. The molecule has 1 heterocycles. The van der Waals surface area contributed by atoms with Crippen LogP contribution in [0.4, 0.5) is 18.9 Å². The lowest BCUT2D eigenvalue weighted by Gasteiger charge is -2.30. The molecule has 1 amide bonds. The van der Waals surface area contributed by atoms with E-state index in [9.17, 15) is 31.5 Å². The number of aromatic hydroxyl groups is 1. The molecule has 0 spiro atoms. The number of sulfonamides is 1. The van der Waals surface area contributed by atoms with Gasteiger partial charge in [0.2, 0.25) is 15.9 Å². The summed E-state index contributed by atoms with van der Waals surface area (Å²) < 4.78 is 66.9. The molecule has 1 saturated heterocycles. The number of halogens is 3. The first-order chi connectivity index (χ1) is 14.1. The van der Waals surface area contributed by atoms with Crippen LogP contribution < -0.4 is 10.1 Å². The normalized spacial score (nSPS) is 16.2. The van der Waals surface area contributed by atoms with Crippen LogP contribution in [0.2, 0.25) is 0 Å². The summed E-state index contributed by atoms with van der Waals surface area (Å²) in [5.74, 6) is -1.54. The number of anilines is 1. The van der Waals surface area contributed by atoms with Gasteiger partial charge in [0.15, 0.2) is 0 Å². The largest absolute Gasteiger partial charge is 0.573 e. The van der Waals surface area contributed by atoms with Crippen LogP contribution >= 0.6 is 0 Å². The van der Waals surface area contributed by atoms with Gasteiger partial charge in [-0.1, -0.05) is 12.1 Å². The minimum Gasteiger partial charge on any atom is -0.507 e. The van der Waals surface area contributed by atoms with Crippen molar-refractivity contribution in [1.82, 2.24) is 4.31 Å². The summed E-state index contributed by atoms with van der Waals surface area (Å²) in [5, 5.41) is 12.4. The van der Waals surface area contributed by atoms with E-state index < -0.39 is 28.1 Å². The Morgan fingerprint density at radius 2 is 1.67 bits per heavy atom. The van der Waals surface area contributed by atoms with Crippen LogP contribution in [0.25, 0.3) is 0 Å². The second-order valence-electron chi connectivity index (χ2n) is 6.71. The number of carbonyl (C=O) groups excluding carboxylic acids is 1. The van der Waals surface area contributed by atoms with Gasteiger partial charge in [-0.2, -0.15) is 4.31 Å². The van der Waals surface area contributed by atoms with Gasteiger partial charge in [0.05, 0.1) is 0 Å². The van der Waals surface area contributed by atoms with E-state index in [2.05, 4.69) is 10.1 Å². The molecule has 0 unspecified atom stereocenters. The summed E-state index contributed by atoms with van der Waals surface area (Å²) >= 11 is 0. The number of carbonyl (C=O) groups is 1. The predicted molar refractivity (Wildman–Crippen MR) is 101 cm³/mol. The maximum atomic E-state index is 12.7. The zero-order valence-electron chi connectivity index (χ0n) is 15.6. The highest BCUT2D eigenvalue weighted by atomic mass is 32.2. The Hall–Kier alpha value is -2.79. The fraction of sp³-hybridized carbons (Fsp3) is 0.316. The molecule has 2 N–H and O–H groups in total. The zero-order chi connectivity index (χ0) is 21.9. The monoisotopic (exact) mass is 444 g/mol. The Bertz CT molecular complexity index is 1000. The lowest BCUT2D eigenvalue weighted by Crippen LogP contribution is -2.41. The van der Waals surface area contributed by atoms with Crippen molar-refractivity contribution in [2.45, 2.75) is 24.1 Å². The molecule has 0 radical (unpaired) electrons. The number of phenols is 1. The van der Waals surface area contributed by atoms with Crippen LogP contribution in [-0.4, -0.2) is 43.2 Å². The average Bonchev–Trinajstić information content (AvgIpc) is 2.68.